The van der Waals surface area contributed by atoms with E-state index in [1.165, 1.54) is 7.11 Å². The summed E-state index contributed by atoms with van der Waals surface area (Å²) in [7, 11) is 1.31. The average Bonchev–Trinajstić information content (AvgIpc) is 2.29. The second kappa shape index (κ2) is 6.15. The first-order valence-electron chi connectivity index (χ1n) is 4.59. The Labute approximate surface area is 110 Å². The second-order valence-electron chi connectivity index (χ2n) is 3.13. The van der Waals surface area contributed by atoms with Gasteiger partial charge in [-0.2, -0.15) is 0 Å². The maximum absolute atomic E-state index is 11.7. The number of methoxy groups -OCH3 is 1. The zero-order valence-corrected chi connectivity index (χ0v) is 11.8. The van der Waals surface area contributed by atoms with Crippen LogP contribution < -0.4 is 0 Å². The summed E-state index contributed by atoms with van der Waals surface area (Å²) in [5.74, 6) is -0.442. The lowest BCUT2D eigenvalue weighted by atomic mass is 10.1. The molecule has 0 bridgehead atoms. The third-order valence-corrected chi connectivity index (χ3v) is 3.91. The first-order chi connectivity index (χ1) is 7.54. The number of halogens is 2. The molecule has 1 aromatic rings. The molecule has 5 heteroatoms. The molecule has 0 unspecified atom stereocenters. The van der Waals surface area contributed by atoms with Crippen molar-refractivity contribution < 1.29 is 14.3 Å². The lowest BCUT2D eigenvalue weighted by molar-refractivity contribution is -0.140. The molecule has 0 fully saturated rings. The van der Waals surface area contributed by atoms with Gasteiger partial charge in [0.1, 0.15) is 0 Å². The molecule has 0 aromatic heterocycles. The molecule has 0 aliphatic carbocycles. The highest BCUT2D eigenvalue weighted by molar-refractivity contribution is 9.13. The molecule has 0 amide bonds. The molecule has 0 saturated heterocycles. The van der Waals surface area contributed by atoms with E-state index in [1.807, 2.05) is 0 Å². The minimum Gasteiger partial charge on any atom is -0.469 e. The van der Waals surface area contributed by atoms with Crippen molar-refractivity contribution in [3.05, 3.63) is 32.7 Å². The van der Waals surface area contributed by atoms with Crippen LogP contribution in [0.1, 0.15) is 23.2 Å². The molecule has 1 rings (SSSR count). The molecule has 86 valence electrons. The van der Waals surface area contributed by atoms with Crippen LogP contribution in [0.2, 0.25) is 0 Å². The molecule has 0 heterocycles. The molecule has 0 radical (unpaired) electrons. The molecule has 0 N–H and O–H groups in total. The van der Waals surface area contributed by atoms with Gasteiger partial charge in [0.15, 0.2) is 5.78 Å². The number of benzene rings is 1. The largest absolute Gasteiger partial charge is 0.469 e. The van der Waals surface area contributed by atoms with Crippen LogP contribution in [-0.2, 0) is 9.53 Å². The van der Waals surface area contributed by atoms with Gasteiger partial charge in [-0.3, -0.25) is 9.59 Å². The minimum absolute atomic E-state index is 0.0707. The molecular formula is C11H10Br2O3. The molecule has 0 saturated carbocycles. The van der Waals surface area contributed by atoms with Crippen molar-refractivity contribution in [2.45, 2.75) is 12.8 Å². The number of carbonyl (C=O) groups excluding carboxylic acids is 2. The summed E-state index contributed by atoms with van der Waals surface area (Å²) >= 11 is 6.64. The van der Waals surface area contributed by atoms with E-state index in [9.17, 15) is 9.59 Å². The van der Waals surface area contributed by atoms with Crippen LogP contribution >= 0.6 is 31.9 Å². The van der Waals surface area contributed by atoms with Gasteiger partial charge in [-0.15, -0.1) is 0 Å². The summed E-state index contributed by atoms with van der Waals surface area (Å²) < 4.78 is 6.17. The number of hydrogen-bond acceptors (Lipinski definition) is 3. The third-order valence-electron chi connectivity index (χ3n) is 2.03. The van der Waals surface area contributed by atoms with Gasteiger partial charge in [-0.25, -0.2) is 0 Å². The van der Waals surface area contributed by atoms with Crippen molar-refractivity contribution in [2.24, 2.45) is 0 Å². The van der Waals surface area contributed by atoms with Gasteiger partial charge in [0, 0.05) is 20.9 Å². The Kier molecular flexibility index (Phi) is 5.15. The van der Waals surface area contributed by atoms with E-state index in [0.29, 0.717) is 5.56 Å². The van der Waals surface area contributed by atoms with Gasteiger partial charge < -0.3 is 4.74 Å². The summed E-state index contributed by atoms with van der Waals surface area (Å²) in [6, 6.07) is 5.23. The van der Waals surface area contributed by atoms with Gasteiger partial charge in [-0.05, 0) is 44.0 Å². The Morgan fingerprint density at radius 1 is 1.19 bits per heavy atom. The first-order valence-corrected chi connectivity index (χ1v) is 6.18. The van der Waals surface area contributed by atoms with Crippen LogP contribution in [0.25, 0.3) is 0 Å². The van der Waals surface area contributed by atoms with E-state index in [4.69, 9.17) is 0 Å². The second-order valence-corrected chi connectivity index (χ2v) is 4.84. The highest BCUT2D eigenvalue weighted by Gasteiger charge is 2.10. The molecule has 0 spiro atoms. The van der Waals surface area contributed by atoms with Crippen LogP contribution in [0.5, 0.6) is 0 Å². The Balaban J connectivity index is 2.66. The van der Waals surface area contributed by atoms with Crippen LogP contribution in [0.15, 0.2) is 27.1 Å². The molecule has 16 heavy (non-hydrogen) atoms. The van der Waals surface area contributed by atoms with E-state index in [-0.39, 0.29) is 24.6 Å². The van der Waals surface area contributed by atoms with Crippen LogP contribution in [0, 0.1) is 0 Å². The van der Waals surface area contributed by atoms with Gasteiger partial charge in [0.2, 0.25) is 0 Å². The number of ketones is 1. The summed E-state index contributed by atoms with van der Waals surface area (Å²) in [6.45, 7) is 0. The number of carbonyl (C=O) groups is 2. The first kappa shape index (κ1) is 13.4. The fraction of sp³-hybridized carbons (Fsp3) is 0.273. The number of rotatable bonds is 4. The molecule has 0 aliphatic rings. The highest BCUT2D eigenvalue weighted by Crippen LogP contribution is 2.24. The lowest BCUT2D eigenvalue weighted by Crippen LogP contribution is -2.06. The van der Waals surface area contributed by atoms with E-state index in [0.717, 1.165) is 8.95 Å². The van der Waals surface area contributed by atoms with Crippen molar-refractivity contribution in [3.63, 3.8) is 0 Å². The summed E-state index contributed by atoms with van der Waals surface area (Å²) in [4.78, 5) is 22.6. The monoisotopic (exact) mass is 348 g/mol. The Bertz CT molecular complexity index is 416. The molecule has 3 nitrogen and oxygen atoms in total. The number of esters is 1. The predicted molar refractivity (Wildman–Crippen MR) is 67.4 cm³/mol. The molecule has 1 aromatic carbocycles. The summed E-state index contributed by atoms with van der Waals surface area (Å²) in [6.07, 6.45) is 0.282. The smallest absolute Gasteiger partial charge is 0.305 e. The minimum atomic E-state index is -0.371. The van der Waals surface area contributed by atoms with E-state index in [1.54, 1.807) is 18.2 Å². The normalized spacial score (nSPS) is 9.94. The summed E-state index contributed by atoms with van der Waals surface area (Å²) in [5.41, 5.74) is 0.582. The van der Waals surface area contributed by atoms with Gasteiger partial charge in [0.25, 0.3) is 0 Å². The van der Waals surface area contributed by atoms with E-state index >= 15 is 0 Å². The predicted octanol–water partition coefficient (Wildman–Crippen LogP) is 3.35. The van der Waals surface area contributed by atoms with Gasteiger partial charge in [0.05, 0.1) is 13.5 Å². The highest BCUT2D eigenvalue weighted by atomic mass is 79.9. The number of hydrogen-bond donors (Lipinski definition) is 0. The standard InChI is InChI=1S/C11H10Br2O3/c1-16-11(15)5-4-10(14)7-2-3-8(12)9(13)6-7/h2-3,6H,4-5H2,1H3. The maximum Gasteiger partial charge on any atom is 0.305 e. The Morgan fingerprint density at radius 2 is 1.88 bits per heavy atom. The average molecular weight is 350 g/mol. The Hall–Kier alpha value is -0.680. The van der Waals surface area contributed by atoms with Crippen LogP contribution in [-0.4, -0.2) is 18.9 Å². The van der Waals surface area contributed by atoms with Gasteiger partial charge >= 0.3 is 5.97 Å². The maximum atomic E-state index is 11.7. The SMILES string of the molecule is COC(=O)CCC(=O)c1ccc(Br)c(Br)c1. The van der Waals surface area contributed by atoms with Crippen molar-refractivity contribution in [2.75, 3.05) is 7.11 Å². The van der Waals surface area contributed by atoms with Crippen LogP contribution in [0.3, 0.4) is 0 Å². The third kappa shape index (κ3) is 3.72. The number of ether oxygens (including phenoxy) is 1. The van der Waals surface area contributed by atoms with Crippen molar-refractivity contribution >= 4 is 43.6 Å². The Morgan fingerprint density at radius 3 is 2.44 bits per heavy atom. The molecular weight excluding hydrogens is 340 g/mol. The lowest BCUT2D eigenvalue weighted by Gasteiger charge is -2.02. The van der Waals surface area contributed by atoms with Crippen molar-refractivity contribution in [1.82, 2.24) is 0 Å². The summed E-state index contributed by atoms with van der Waals surface area (Å²) in [5, 5.41) is 0. The fourth-order valence-electron chi connectivity index (χ4n) is 1.13. The zero-order valence-electron chi connectivity index (χ0n) is 8.63. The van der Waals surface area contributed by atoms with Crippen molar-refractivity contribution in [3.8, 4) is 0 Å². The van der Waals surface area contributed by atoms with Crippen LogP contribution in [0.4, 0.5) is 0 Å². The fourth-order valence-corrected chi connectivity index (χ4v) is 1.76. The van der Waals surface area contributed by atoms with E-state index < -0.39 is 0 Å². The topological polar surface area (TPSA) is 43.4 Å². The quantitative estimate of drug-likeness (QED) is 0.618. The number of Topliss-reactive ketones (excluding diaryl/α,β-unsaturated/α-hetero) is 1. The molecule has 0 aliphatic heterocycles. The van der Waals surface area contributed by atoms with Crippen molar-refractivity contribution in [1.29, 1.82) is 0 Å². The van der Waals surface area contributed by atoms with Gasteiger partial charge in [-0.1, -0.05) is 6.07 Å². The molecule has 0 atom stereocenters. The zero-order chi connectivity index (χ0) is 12.1. The van der Waals surface area contributed by atoms with E-state index in [2.05, 4.69) is 36.6 Å².